The van der Waals surface area contributed by atoms with Crippen LogP contribution in [0.5, 0.6) is 0 Å². The smallest absolute Gasteiger partial charge is 0.321 e. The molecule has 0 aliphatic rings. The summed E-state index contributed by atoms with van der Waals surface area (Å²) in [5, 5.41) is 2.68. The van der Waals surface area contributed by atoms with Crippen LogP contribution in [0.3, 0.4) is 0 Å². The van der Waals surface area contributed by atoms with E-state index in [1.54, 1.807) is 12.1 Å². The van der Waals surface area contributed by atoms with E-state index >= 15 is 0 Å². The van der Waals surface area contributed by atoms with Crippen molar-refractivity contribution in [2.24, 2.45) is 0 Å². The van der Waals surface area contributed by atoms with Crippen molar-refractivity contribution in [3.8, 4) is 0 Å². The minimum Gasteiger partial charge on any atom is -0.455 e. The summed E-state index contributed by atoms with van der Waals surface area (Å²) < 4.78 is 30.9. The van der Waals surface area contributed by atoms with Crippen LogP contribution in [0.2, 0.25) is 0 Å². The second-order valence-corrected chi connectivity index (χ2v) is 7.32. The zero-order valence-corrected chi connectivity index (χ0v) is 15.0. The Labute approximate surface area is 142 Å². The Hall–Kier alpha value is -1.93. The number of rotatable bonds is 9. The first-order valence-corrected chi connectivity index (χ1v) is 9.24. The average Bonchev–Trinajstić information content (AvgIpc) is 2.51. The van der Waals surface area contributed by atoms with Gasteiger partial charge in [-0.25, -0.2) is 8.42 Å². The van der Waals surface area contributed by atoms with E-state index in [-0.39, 0.29) is 10.9 Å². The number of amides is 1. The minimum absolute atomic E-state index is 0.00115. The lowest BCUT2D eigenvalue weighted by molar-refractivity contribution is -0.147. The number of hydrogen-bond acceptors (Lipinski definition) is 5. The summed E-state index contributed by atoms with van der Waals surface area (Å²) >= 11 is 0. The van der Waals surface area contributed by atoms with Crippen LogP contribution in [0.4, 0.5) is 0 Å². The molecule has 0 aliphatic heterocycles. The first kappa shape index (κ1) is 20.1. The van der Waals surface area contributed by atoms with Gasteiger partial charge in [0, 0.05) is 6.04 Å². The Balaban J connectivity index is 2.40. The highest BCUT2D eigenvalue weighted by Gasteiger charge is 2.16. The van der Waals surface area contributed by atoms with Gasteiger partial charge in [-0.05, 0) is 32.4 Å². The van der Waals surface area contributed by atoms with Crippen molar-refractivity contribution in [1.82, 2.24) is 10.0 Å². The lowest BCUT2D eigenvalue weighted by atomic mass is 10.2. The van der Waals surface area contributed by atoms with Gasteiger partial charge < -0.3 is 10.1 Å². The predicted molar refractivity (Wildman–Crippen MR) is 89.8 cm³/mol. The number of nitrogens with one attached hydrogen (secondary N) is 2. The molecule has 0 radical (unpaired) electrons. The number of carbonyl (C=O) groups is 2. The van der Waals surface area contributed by atoms with Gasteiger partial charge in [0.05, 0.1) is 4.90 Å². The molecule has 0 heterocycles. The summed E-state index contributed by atoms with van der Waals surface area (Å²) in [6, 6.07) is 6.22. The molecule has 1 aromatic rings. The molecule has 134 valence electrons. The fourth-order valence-corrected chi connectivity index (χ4v) is 2.94. The average molecular weight is 356 g/mol. The van der Waals surface area contributed by atoms with Gasteiger partial charge >= 0.3 is 5.97 Å². The molecule has 1 amide bonds. The molecular formula is C16H24N2O5S. The van der Waals surface area contributed by atoms with Gasteiger partial charge in [-0.2, -0.15) is 4.72 Å². The van der Waals surface area contributed by atoms with Gasteiger partial charge in [0.25, 0.3) is 5.91 Å². The zero-order chi connectivity index (χ0) is 18.2. The van der Waals surface area contributed by atoms with Crippen molar-refractivity contribution in [2.75, 3.05) is 13.2 Å². The lowest BCUT2D eigenvalue weighted by Crippen LogP contribution is -2.37. The number of benzene rings is 1. The molecule has 0 bridgehead atoms. The maximum Gasteiger partial charge on any atom is 0.321 e. The van der Waals surface area contributed by atoms with Crippen LogP contribution in [-0.2, 0) is 24.3 Å². The quantitative estimate of drug-likeness (QED) is 0.646. The molecule has 8 heteroatoms. The molecule has 1 atom stereocenters. The number of sulfonamides is 1. The van der Waals surface area contributed by atoms with E-state index in [0.29, 0.717) is 0 Å². The topological polar surface area (TPSA) is 102 Å². The molecule has 0 spiro atoms. The maximum absolute atomic E-state index is 12.0. The maximum atomic E-state index is 12.0. The number of carbonyl (C=O) groups excluding carboxylic acids is 2. The van der Waals surface area contributed by atoms with E-state index in [9.17, 15) is 18.0 Å². The van der Waals surface area contributed by atoms with E-state index in [4.69, 9.17) is 4.74 Å². The first-order valence-electron chi connectivity index (χ1n) is 7.76. The highest BCUT2D eigenvalue weighted by molar-refractivity contribution is 7.89. The summed E-state index contributed by atoms with van der Waals surface area (Å²) in [5.41, 5.74) is 0.927. The second-order valence-electron chi connectivity index (χ2n) is 5.56. The van der Waals surface area contributed by atoms with Crippen LogP contribution in [-0.4, -0.2) is 39.5 Å². The summed E-state index contributed by atoms with van der Waals surface area (Å²) in [7, 11) is -3.79. The Bertz CT molecular complexity index is 656. The monoisotopic (exact) mass is 356 g/mol. The Morgan fingerprint density at radius 1 is 1.21 bits per heavy atom. The molecule has 0 aliphatic carbocycles. The van der Waals surface area contributed by atoms with E-state index in [0.717, 1.165) is 18.4 Å². The highest BCUT2D eigenvalue weighted by atomic mass is 32.2. The largest absolute Gasteiger partial charge is 0.455 e. The zero-order valence-electron chi connectivity index (χ0n) is 14.2. The van der Waals surface area contributed by atoms with Gasteiger partial charge in [0.15, 0.2) is 6.61 Å². The molecule has 0 unspecified atom stereocenters. The molecule has 1 aromatic carbocycles. The van der Waals surface area contributed by atoms with Crippen molar-refractivity contribution in [3.05, 3.63) is 29.8 Å². The summed E-state index contributed by atoms with van der Waals surface area (Å²) in [6.07, 6.45) is 1.76. The van der Waals surface area contributed by atoms with Crippen molar-refractivity contribution in [1.29, 1.82) is 0 Å². The van der Waals surface area contributed by atoms with Crippen LogP contribution < -0.4 is 10.0 Å². The van der Waals surface area contributed by atoms with Crippen LogP contribution in [0.25, 0.3) is 0 Å². The Morgan fingerprint density at radius 2 is 1.83 bits per heavy atom. The molecule has 0 fully saturated rings. The van der Waals surface area contributed by atoms with Crippen LogP contribution in [0.15, 0.2) is 29.2 Å². The number of esters is 1. The van der Waals surface area contributed by atoms with Gasteiger partial charge in [-0.15, -0.1) is 0 Å². The fraction of sp³-hybridized carbons (Fsp3) is 0.500. The van der Waals surface area contributed by atoms with Crippen molar-refractivity contribution >= 4 is 21.9 Å². The van der Waals surface area contributed by atoms with Crippen LogP contribution >= 0.6 is 0 Å². The molecule has 0 aromatic heterocycles. The van der Waals surface area contributed by atoms with Crippen LogP contribution in [0.1, 0.15) is 32.3 Å². The van der Waals surface area contributed by atoms with Crippen molar-refractivity contribution in [3.63, 3.8) is 0 Å². The SMILES string of the molecule is CCC[C@@H](C)NC(=O)COC(=O)CNS(=O)(=O)c1ccc(C)cc1. The molecule has 0 saturated heterocycles. The van der Waals surface area contributed by atoms with Gasteiger partial charge in [-0.3, -0.25) is 9.59 Å². The molecule has 2 N–H and O–H groups in total. The van der Waals surface area contributed by atoms with Gasteiger partial charge in [0.1, 0.15) is 6.54 Å². The summed E-state index contributed by atoms with van der Waals surface area (Å²) in [5.74, 6) is -1.23. The van der Waals surface area contributed by atoms with Crippen molar-refractivity contribution < 1.29 is 22.7 Å². The number of ether oxygens (including phenoxy) is 1. The molecule has 24 heavy (non-hydrogen) atoms. The highest BCUT2D eigenvalue weighted by Crippen LogP contribution is 2.09. The van der Waals surface area contributed by atoms with E-state index in [1.165, 1.54) is 12.1 Å². The number of aryl methyl sites for hydroxylation is 1. The lowest BCUT2D eigenvalue weighted by Gasteiger charge is -2.13. The van der Waals surface area contributed by atoms with Gasteiger partial charge in [-0.1, -0.05) is 31.0 Å². The van der Waals surface area contributed by atoms with E-state index < -0.39 is 35.1 Å². The van der Waals surface area contributed by atoms with E-state index in [2.05, 4.69) is 10.0 Å². The molecule has 1 rings (SSSR count). The molecule has 0 saturated carbocycles. The third-order valence-corrected chi connectivity index (χ3v) is 4.65. The summed E-state index contributed by atoms with van der Waals surface area (Å²) in [4.78, 5) is 23.2. The minimum atomic E-state index is -3.79. The number of hydrogen-bond donors (Lipinski definition) is 2. The van der Waals surface area contributed by atoms with Crippen molar-refractivity contribution in [2.45, 2.75) is 44.6 Å². The summed E-state index contributed by atoms with van der Waals surface area (Å²) in [6.45, 7) is 4.74. The second kappa shape index (κ2) is 9.39. The Morgan fingerprint density at radius 3 is 2.42 bits per heavy atom. The Kier molecular flexibility index (Phi) is 7.87. The third-order valence-electron chi connectivity index (χ3n) is 3.23. The van der Waals surface area contributed by atoms with Gasteiger partial charge in [0.2, 0.25) is 10.0 Å². The first-order chi connectivity index (χ1) is 11.2. The third kappa shape index (κ3) is 7.10. The fourth-order valence-electron chi connectivity index (χ4n) is 1.97. The van der Waals surface area contributed by atoms with Crippen LogP contribution in [0, 0.1) is 6.92 Å². The van der Waals surface area contributed by atoms with E-state index in [1.807, 2.05) is 20.8 Å². The molecular weight excluding hydrogens is 332 g/mol. The predicted octanol–water partition coefficient (Wildman–Crippen LogP) is 1.12. The normalized spacial score (nSPS) is 12.5. The molecule has 7 nitrogen and oxygen atoms in total. The standard InChI is InChI=1S/C16H24N2O5S/c1-4-5-13(3)18-15(19)11-23-16(20)10-17-24(21,22)14-8-6-12(2)7-9-14/h6-9,13,17H,4-5,10-11H2,1-3H3,(H,18,19)/t13-/m1/s1.